The third kappa shape index (κ3) is 3.84. The number of hydrogen-bond donors (Lipinski definition) is 0. The van der Waals surface area contributed by atoms with Gasteiger partial charge in [-0.25, -0.2) is 0 Å². The summed E-state index contributed by atoms with van der Waals surface area (Å²) in [6, 6.07) is 1.70. The first-order valence-corrected chi connectivity index (χ1v) is 3.74. The molecule has 0 bridgehead atoms. The van der Waals surface area contributed by atoms with Gasteiger partial charge in [0, 0.05) is 25.6 Å². The second-order valence-corrected chi connectivity index (χ2v) is 2.43. The predicted octanol–water partition coefficient (Wildman–Crippen LogP) is -2.32. The Bertz CT molecular complexity index is 258. The molecule has 0 amide bonds. The van der Waals surface area contributed by atoms with Crippen LogP contribution in [0.1, 0.15) is 12.0 Å². The van der Waals surface area contributed by atoms with Crippen molar-refractivity contribution in [1.29, 1.82) is 0 Å². The van der Waals surface area contributed by atoms with Crippen molar-refractivity contribution in [2.75, 3.05) is 14.2 Å². The molecule has 0 aliphatic heterocycles. The third-order valence-corrected chi connectivity index (χ3v) is 1.52. The van der Waals surface area contributed by atoms with Gasteiger partial charge < -0.3 is 22.1 Å². The molecule has 0 aromatic carbocycles. The second-order valence-electron chi connectivity index (χ2n) is 2.07. The average molecular weight is 208 g/mol. The molecular weight excluding hydrogens is 199 g/mol. The molecule has 6 heteroatoms. The fourth-order valence-electron chi connectivity index (χ4n) is 0.823. The SMILES string of the molecule is COC(OC)c1ccnc([S-])n1.[Na+]. The Labute approximate surface area is 105 Å². The smallest absolute Gasteiger partial charge is 0.740 e. The molecule has 0 aliphatic carbocycles. The van der Waals surface area contributed by atoms with Gasteiger partial charge in [0.05, 0.1) is 5.69 Å². The van der Waals surface area contributed by atoms with Crippen molar-refractivity contribution in [2.24, 2.45) is 0 Å². The molecule has 0 aliphatic rings. The molecule has 4 nitrogen and oxygen atoms in total. The predicted molar refractivity (Wildman–Crippen MR) is 44.4 cm³/mol. The van der Waals surface area contributed by atoms with Crippen LogP contribution >= 0.6 is 0 Å². The van der Waals surface area contributed by atoms with E-state index in [0.29, 0.717) is 10.9 Å². The fraction of sp³-hybridized carbons (Fsp3) is 0.429. The Hall–Kier alpha value is 0.220. The fourth-order valence-corrected chi connectivity index (χ4v) is 0.989. The Morgan fingerprint density at radius 3 is 2.46 bits per heavy atom. The first-order valence-electron chi connectivity index (χ1n) is 3.33. The standard InChI is InChI=1S/C7H10N2O2S.Na/c1-10-6(11-2)5-3-4-8-7(12)9-5;/h3-4,6H,1-2H3,(H,8,9,12);/q;+1/p-1. The molecule has 1 rings (SSSR count). The summed E-state index contributed by atoms with van der Waals surface area (Å²) in [4.78, 5) is 7.75. The minimum absolute atomic E-state index is 0. The average Bonchev–Trinajstić information content (AvgIpc) is 2.07. The number of aromatic nitrogens is 2. The molecule has 1 aromatic heterocycles. The van der Waals surface area contributed by atoms with E-state index in [0.717, 1.165) is 0 Å². The second kappa shape index (κ2) is 6.64. The number of rotatable bonds is 3. The van der Waals surface area contributed by atoms with Gasteiger partial charge in [0.1, 0.15) is 0 Å². The van der Waals surface area contributed by atoms with Crippen LogP contribution in [0.2, 0.25) is 0 Å². The third-order valence-electron chi connectivity index (χ3n) is 1.32. The van der Waals surface area contributed by atoms with Crippen LogP contribution in [0.5, 0.6) is 0 Å². The van der Waals surface area contributed by atoms with Crippen molar-refractivity contribution in [3.05, 3.63) is 18.0 Å². The van der Waals surface area contributed by atoms with Crippen LogP contribution in [0.25, 0.3) is 0 Å². The zero-order chi connectivity index (χ0) is 8.97. The van der Waals surface area contributed by atoms with Gasteiger partial charge in [-0.15, -0.1) is 0 Å². The number of ether oxygens (including phenoxy) is 2. The minimum Gasteiger partial charge on any atom is -0.740 e. The first-order chi connectivity index (χ1) is 5.77. The zero-order valence-corrected chi connectivity index (χ0v) is 10.7. The molecule has 1 heterocycles. The molecule has 0 atom stereocenters. The van der Waals surface area contributed by atoms with Gasteiger partial charge >= 0.3 is 29.6 Å². The van der Waals surface area contributed by atoms with E-state index in [2.05, 4.69) is 9.97 Å². The van der Waals surface area contributed by atoms with E-state index in [4.69, 9.17) is 22.1 Å². The van der Waals surface area contributed by atoms with E-state index in [1.165, 1.54) is 0 Å². The molecule has 0 N–H and O–H groups in total. The Kier molecular flexibility index (Phi) is 6.75. The van der Waals surface area contributed by atoms with Crippen molar-refractivity contribution in [2.45, 2.75) is 11.4 Å². The van der Waals surface area contributed by atoms with Gasteiger partial charge in [0.2, 0.25) is 6.29 Å². The summed E-state index contributed by atoms with van der Waals surface area (Å²) in [5, 5.41) is 0.298. The summed E-state index contributed by atoms with van der Waals surface area (Å²) in [6.45, 7) is 0. The van der Waals surface area contributed by atoms with Crippen LogP contribution in [0.3, 0.4) is 0 Å². The normalized spacial score (nSPS) is 9.77. The summed E-state index contributed by atoms with van der Waals surface area (Å²) < 4.78 is 9.96. The van der Waals surface area contributed by atoms with Crippen LogP contribution in [0.15, 0.2) is 17.4 Å². The Balaban J connectivity index is 0.00000144. The molecule has 66 valence electrons. The molecule has 13 heavy (non-hydrogen) atoms. The molecule has 0 saturated carbocycles. The largest absolute Gasteiger partial charge is 1.00 e. The van der Waals surface area contributed by atoms with Crippen molar-refractivity contribution in [3.8, 4) is 0 Å². The van der Waals surface area contributed by atoms with Gasteiger partial charge in [0.25, 0.3) is 0 Å². The van der Waals surface area contributed by atoms with E-state index in [-0.39, 0.29) is 29.6 Å². The van der Waals surface area contributed by atoms with Crippen molar-refractivity contribution < 1.29 is 39.0 Å². The molecule has 0 radical (unpaired) electrons. The van der Waals surface area contributed by atoms with Crippen LogP contribution < -0.4 is 29.6 Å². The van der Waals surface area contributed by atoms with Crippen LogP contribution in [-0.2, 0) is 22.1 Å². The summed E-state index contributed by atoms with van der Waals surface area (Å²) in [6.07, 6.45) is 1.12. The Morgan fingerprint density at radius 2 is 2.00 bits per heavy atom. The molecule has 1 aromatic rings. The molecule has 0 saturated heterocycles. The van der Waals surface area contributed by atoms with Gasteiger partial charge in [-0.05, 0) is 6.07 Å². The number of methoxy groups -OCH3 is 2. The van der Waals surface area contributed by atoms with Gasteiger partial charge in [-0.3, -0.25) is 9.97 Å². The monoisotopic (exact) mass is 208 g/mol. The van der Waals surface area contributed by atoms with E-state index >= 15 is 0 Å². The summed E-state index contributed by atoms with van der Waals surface area (Å²) >= 11 is 4.78. The van der Waals surface area contributed by atoms with Crippen molar-refractivity contribution >= 4 is 12.6 Å². The topological polar surface area (TPSA) is 44.2 Å². The van der Waals surface area contributed by atoms with Crippen molar-refractivity contribution in [1.82, 2.24) is 9.97 Å². The Morgan fingerprint density at radius 1 is 1.38 bits per heavy atom. The maximum Gasteiger partial charge on any atom is 1.00 e. The first kappa shape index (κ1) is 13.2. The van der Waals surface area contributed by atoms with Crippen LogP contribution in [0, 0.1) is 0 Å². The van der Waals surface area contributed by atoms with Crippen molar-refractivity contribution in [3.63, 3.8) is 0 Å². The maximum atomic E-state index is 4.98. The molecular formula is C7H9N2NaO2S. The number of hydrogen-bond acceptors (Lipinski definition) is 5. The van der Waals surface area contributed by atoms with E-state index in [9.17, 15) is 0 Å². The summed E-state index contributed by atoms with van der Waals surface area (Å²) in [5.41, 5.74) is 0.639. The van der Waals surface area contributed by atoms with Gasteiger partial charge in [-0.1, -0.05) is 0 Å². The summed E-state index contributed by atoms with van der Waals surface area (Å²) in [7, 11) is 3.08. The summed E-state index contributed by atoms with van der Waals surface area (Å²) in [5.74, 6) is 0. The number of nitrogens with zero attached hydrogens (tertiary/aromatic N) is 2. The van der Waals surface area contributed by atoms with Gasteiger partial charge in [-0.2, -0.15) is 0 Å². The zero-order valence-electron chi connectivity index (χ0n) is 7.85. The minimum atomic E-state index is -0.463. The quantitative estimate of drug-likeness (QED) is 0.241. The van der Waals surface area contributed by atoms with E-state index in [1.54, 1.807) is 26.5 Å². The van der Waals surface area contributed by atoms with Crippen LogP contribution in [-0.4, -0.2) is 24.2 Å². The maximum absolute atomic E-state index is 4.98. The van der Waals surface area contributed by atoms with E-state index in [1.807, 2.05) is 0 Å². The molecule has 0 fully saturated rings. The van der Waals surface area contributed by atoms with Crippen LogP contribution in [0.4, 0.5) is 0 Å². The van der Waals surface area contributed by atoms with E-state index < -0.39 is 6.29 Å². The molecule has 0 unspecified atom stereocenters. The molecule has 0 spiro atoms. The van der Waals surface area contributed by atoms with Gasteiger partial charge in [0.15, 0.2) is 0 Å².